The zero-order chi connectivity index (χ0) is 14.1. The molecule has 0 amide bonds. The highest BCUT2D eigenvalue weighted by atomic mass is 32.2. The zero-order valence-corrected chi connectivity index (χ0v) is 12.7. The van der Waals surface area contributed by atoms with Gasteiger partial charge in [-0.15, -0.1) is 10.2 Å². The van der Waals surface area contributed by atoms with Crippen LogP contribution in [0.4, 0.5) is 10.8 Å². The van der Waals surface area contributed by atoms with E-state index in [0.717, 1.165) is 20.6 Å². The first-order valence-electron chi connectivity index (χ1n) is 5.90. The summed E-state index contributed by atoms with van der Waals surface area (Å²) >= 11 is 3.11. The molecule has 0 saturated carbocycles. The predicted octanol–water partition coefficient (Wildman–Crippen LogP) is 2.62. The Hall–Kier alpha value is -1.80. The lowest BCUT2D eigenvalue weighted by atomic mass is 10.3. The maximum Gasteiger partial charge on any atom is 0.208 e. The molecule has 2 N–H and O–H groups in total. The molecule has 6 nitrogen and oxygen atoms in total. The van der Waals surface area contributed by atoms with Crippen molar-refractivity contribution < 1.29 is 4.42 Å². The van der Waals surface area contributed by atoms with Gasteiger partial charge < -0.3 is 15.1 Å². The Morgan fingerprint density at radius 3 is 2.95 bits per heavy atom. The first-order valence-corrected chi connectivity index (χ1v) is 7.70. The van der Waals surface area contributed by atoms with E-state index in [1.54, 1.807) is 29.2 Å². The smallest absolute Gasteiger partial charge is 0.208 e. The molecule has 0 unspecified atom stereocenters. The van der Waals surface area contributed by atoms with Crippen molar-refractivity contribution in [2.45, 2.75) is 10.1 Å². The fourth-order valence-corrected chi connectivity index (χ4v) is 3.23. The SMILES string of the molecule is CN(C)c1nnc(SCc2nc3cc(N)ccc3o2)s1. The Morgan fingerprint density at radius 1 is 1.35 bits per heavy atom. The van der Waals surface area contributed by atoms with Crippen LogP contribution in [0.15, 0.2) is 27.0 Å². The molecule has 104 valence electrons. The van der Waals surface area contributed by atoms with Gasteiger partial charge in [-0.2, -0.15) is 0 Å². The Labute approximate surface area is 124 Å². The van der Waals surface area contributed by atoms with Crippen molar-refractivity contribution >= 4 is 45.0 Å². The molecule has 0 aliphatic rings. The average Bonchev–Trinajstić information content (AvgIpc) is 3.01. The van der Waals surface area contributed by atoms with Crippen molar-refractivity contribution in [2.75, 3.05) is 24.7 Å². The van der Waals surface area contributed by atoms with Crippen molar-refractivity contribution in [3.8, 4) is 0 Å². The van der Waals surface area contributed by atoms with E-state index in [9.17, 15) is 0 Å². The molecule has 0 aliphatic heterocycles. The Kier molecular flexibility index (Phi) is 3.49. The summed E-state index contributed by atoms with van der Waals surface area (Å²) in [6.07, 6.45) is 0. The summed E-state index contributed by atoms with van der Waals surface area (Å²) in [5, 5.41) is 9.10. The topological polar surface area (TPSA) is 81.1 Å². The molecule has 1 aromatic carbocycles. The highest BCUT2D eigenvalue weighted by Crippen LogP contribution is 2.30. The number of hydrogen-bond donors (Lipinski definition) is 1. The van der Waals surface area contributed by atoms with Crippen LogP contribution >= 0.6 is 23.1 Å². The first kappa shape index (κ1) is 13.2. The van der Waals surface area contributed by atoms with Crippen molar-refractivity contribution in [1.82, 2.24) is 15.2 Å². The van der Waals surface area contributed by atoms with Crippen molar-refractivity contribution in [3.05, 3.63) is 24.1 Å². The molecule has 0 atom stereocenters. The van der Waals surface area contributed by atoms with E-state index in [1.807, 2.05) is 31.1 Å². The van der Waals surface area contributed by atoms with Crippen LogP contribution in [-0.2, 0) is 5.75 Å². The number of aromatic nitrogens is 3. The number of nitrogens with zero attached hydrogens (tertiary/aromatic N) is 4. The number of fused-ring (bicyclic) bond motifs is 1. The van der Waals surface area contributed by atoms with Crippen LogP contribution in [0, 0.1) is 0 Å². The second-order valence-corrected chi connectivity index (χ2v) is 6.55. The molecule has 3 rings (SSSR count). The number of nitrogens with two attached hydrogens (primary N) is 1. The third-order valence-electron chi connectivity index (χ3n) is 2.55. The number of nitrogen functional groups attached to an aromatic ring is 1. The monoisotopic (exact) mass is 307 g/mol. The molecule has 8 heteroatoms. The molecular weight excluding hydrogens is 294 g/mol. The third kappa shape index (κ3) is 2.70. The van der Waals surface area contributed by atoms with Gasteiger partial charge in [0.15, 0.2) is 9.92 Å². The standard InChI is InChI=1S/C12H13N5OS2/c1-17(2)11-15-16-12(20-11)19-6-10-14-8-5-7(13)3-4-9(8)18-10/h3-5H,6,13H2,1-2H3. The number of anilines is 2. The van der Waals surface area contributed by atoms with Crippen LogP contribution in [0.1, 0.15) is 5.89 Å². The molecule has 0 bridgehead atoms. The minimum absolute atomic E-state index is 0.622. The van der Waals surface area contributed by atoms with Gasteiger partial charge in [-0.1, -0.05) is 23.1 Å². The van der Waals surface area contributed by atoms with E-state index in [2.05, 4.69) is 15.2 Å². The lowest BCUT2D eigenvalue weighted by Gasteiger charge is -2.03. The summed E-state index contributed by atoms with van der Waals surface area (Å²) in [5.41, 5.74) is 7.94. The lowest BCUT2D eigenvalue weighted by molar-refractivity contribution is 0.556. The second kappa shape index (κ2) is 5.29. The van der Waals surface area contributed by atoms with Gasteiger partial charge in [-0.05, 0) is 18.2 Å². The fraction of sp³-hybridized carbons (Fsp3) is 0.250. The zero-order valence-electron chi connectivity index (χ0n) is 11.0. The minimum Gasteiger partial charge on any atom is -0.440 e. The fourth-order valence-electron chi connectivity index (χ4n) is 1.62. The number of hydrogen-bond acceptors (Lipinski definition) is 8. The maximum atomic E-state index is 5.72. The quantitative estimate of drug-likeness (QED) is 0.586. The van der Waals surface area contributed by atoms with Gasteiger partial charge in [0.2, 0.25) is 11.0 Å². The Bertz CT molecular complexity index is 736. The summed E-state index contributed by atoms with van der Waals surface area (Å²) in [7, 11) is 3.89. The molecular formula is C12H13N5OS2. The van der Waals surface area contributed by atoms with Crippen LogP contribution in [-0.4, -0.2) is 29.3 Å². The summed E-state index contributed by atoms with van der Waals surface area (Å²) in [5.74, 6) is 1.29. The Balaban J connectivity index is 1.72. The van der Waals surface area contributed by atoms with Gasteiger partial charge in [0.1, 0.15) is 5.52 Å². The van der Waals surface area contributed by atoms with E-state index >= 15 is 0 Å². The molecule has 2 heterocycles. The summed E-state index contributed by atoms with van der Waals surface area (Å²) < 4.78 is 6.56. The van der Waals surface area contributed by atoms with E-state index in [1.165, 1.54) is 0 Å². The highest BCUT2D eigenvalue weighted by molar-refractivity contribution is 8.00. The van der Waals surface area contributed by atoms with E-state index in [4.69, 9.17) is 10.2 Å². The second-order valence-electron chi connectivity index (χ2n) is 4.37. The van der Waals surface area contributed by atoms with Crippen LogP contribution in [0.3, 0.4) is 0 Å². The molecule has 3 aromatic rings. The highest BCUT2D eigenvalue weighted by Gasteiger charge is 2.10. The summed E-state index contributed by atoms with van der Waals surface area (Å²) in [6, 6.07) is 5.45. The average molecular weight is 307 g/mol. The van der Waals surface area contributed by atoms with Crippen molar-refractivity contribution in [2.24, 2.45) is 0 Å². The van der Waals surface area contributed by atoms with Crippen LogP contribution in [0.5, 0.6) is 0 Å². The van der Waals surface area contributed by atoms with Gasteiger partial charge in [0, 0.05) is 19.8 Å². The van der Waals surface area contributed by atoms with Crippen LogP contribution in [0.25, 0.3) is 11.1 Å². The Morgan fingerprint density at radius 2 is 2.20 bits per heavy atom. The molecule has 0 fully saturated rings. The van der Waals surface area contributed by atoms with E-state index < -0.39 is 0 Å². The minimum atomic E-state index is 0.622. The number of thioether (sulfide) groups is 1. The summed E-state index contributed by atoms with van der Waals surface area (Å²) in [4.78, 5) is 6.34. The third-order valence-corrected chi connectivity index (χ3v) is 4.76. The normalized spacial score (nSPS) is 11.1. The van der Waals surface area contributed by atoms with Crippen LogP contribution < -0.4 is 10.6 Å². The maximum absolute atomic E-state index is 5.72. The molecule has 0 radical (unpaired) electrons. The molecule has 0 aliphatic carbocycles. The molecule has 2 aromatic heterocycles. The molecule has 0 saturated heterocycles. The van der Waals surface area contributed by atoms with Gasteiger partial charge >= 0.3 is 0 Å². The summed E-state index contributed by atoms with van der Waals surface area (Å²) in [6.45, 7) is 0. The largest absolute Gasteiger partial charge is 0.440 e. The first-order chi connectivity index (χ1) is 9.61. The number of oxazole rings is 1. The molecule has 0 spiro atoms. The lowest BCUT2D eigenvalue weighted by Crippen LogP contribution is -2.07. The molecule has 20 heavy (non-hydrogen) atoms. The number of benzene rings is 1. The van der Waals surface area contributed by atoms with Gasteiger partial charge in [-0.3, -0.25) is 0 Å². The predicted molar refractivity (Wildman–Crippen MR) is 82.2 cm³/mol. The van der Waals surface area contributed by atoms with Gasteiger partial charge in [-0.25, -0.2) is 4.98 Å². The van der Waals surface area contributed by atoms with Gasteiger partial charge in [0.05, 0.1) is 5.75 Å². The van der Waals surface area contributed by atoms with Gasteiger partial charge in [0.25, 0.3) is 0 Å². The number of rotatable bonds is 4. The van der Waals surface area contributed by atoms with Crippen molar-refractivity contribution in [3.63, 3.8) is 0 Å². The van der Waals surface area contributed by atoms with E-state index in [0.29, 0.717) is 17.3 Å². The van der Waals surface area contributed by atoms with E-state index in [-0.39, 0.29) is 0 Å². The van der Waals surface area contributed by atoms with Crippen LogP contribution in [0.2, 0.25) is 0 Å². The van der Waals surface area contributed by atoms with Crippen molar-refractivity contribution in [1.29, 1.82) is 0 Å².